The van der Waals surface area contributed by atoms with Crippen molar-refractivity contribution in [2.24, 2.45) is 23.2 Å². The van der Waals surface area contributed by atoms with Gasteiger partial charge in [-0.05, 0) is 30.1 Å². The molecule has 0 spiro atoms. The number of ether oxygens (including phenoxy) is 1. The van der Waals surface area contributed by atoms with E-state index >= 15 is 0 Å². The first-order chi connectivity index (χ1) is 8.32. The topological polar surface area (TPSA) is 63.6 Å². The lowest BCUT2D eigenvalue weighted by Gasteiger charge is -2.61. The molecular formula is C14H22O4. The maximum absolute atomic E-state index is 11.6. The SMILES string of the molecule is CC1CC(OC(=O)CCC(=O)O)C2CC1C2(C)C. The second kappa shape index (κ2) is 4.56. The minimum absolute atomic E-state index is 0.0127. The van der Waals surface area contributed by atoms with Gasteiger partial charge in [-0.15, -0.1) is 0 Å². The van der Waals surface area contributed by atoms with Crippen LogP contribution in [-0.4, -0.2) is 23.1 Å². The highest BCUT2D eigenvalue weighted by Crippen LogP contribution is 2.61. The number of carbonyl (C=O) groups is 2. The van der Waals surface area contributed by atoms with E-state index in [9.17, 15) is 9.59 Å². The molecule has 4 unspecified atom stereocenters. The Morgan fingerprint density at radius 2 is 1.89 bits per heavy atom. The van der Waals surface area contributed by atoms with E-state index in [1.807, 2.05) is 0 Å². The van der Waals surface area contributed by atoms with Crippen molar-refractivity contribution in [3.63, 3.8) is 0 Å². The van der Waals surface area contributed by atoms with Gasteiger partial charge in [0.1, 0.15) is 6.10 Å². The molecule has 4 nitrogen and oxygen atoms in total. The van der Waals surface area contributed by atoms with Crippen LogP contribution in [-0.2, 0) is 14.3 Å². The van der Waals surface area contributed by atoms with Gasteiger partial charge in [0.15, 0.2) is 0 Å². The van der Waals surface area contributed by atoms with E-state index in [-0.39, 0.29) is 30.3 Å². The van der Waals surface area contributed by atoms with Crippen LogP contribution in [0.5, 0.6) is 0 Å². The zero-order chi connectivity index (χ0) is 13.5. The number of fused-ring (bicyclic) bond motifs is 2. The second-order valence-electron chi connectivity index (χ2n) is 6.41. The first-order valence-corrected chi connectivity index (χ1v) is 6.73. The highest BCUT2D eigenvalue weighted by Gasteiger charge is 2.58. The van der Waals surface area contributed by atoms with Crippen LogP contribution in [0.1, 0.15) is 46.5 Å². The fourth-order valence-corrected chi connectivity index (χ4v) is 3.85. The Hall–Kier alpha value is -1.06. The summed E-state index contributed by atoms with van der Waals surface area (Å²) in [4.78, 5) is 22.0. The molecule has 0 aromatic rings. The van der Waals surface area contributed by atoms with Gasteiger partial charge < -0.3 is 9.84 Å². The van der Waals surface area contributed by atoms with Gasteiger partial charge in [0, 0.05) is 5.92 Å². The Kier molecular flexibility index (Phi) is 3.39. The van der Waals surface area contributed by atoms with Crippen molar-refractivity contribution >= 4 is 11.9 Å². The number of carboxylic acids is 1. The van der Waals surface area contributed by atoms with Gasteiger partial charge >= 0.3 is 11.9 Å². The van der Waals surface area contributed by atoms with E-state index in [4.69, 9.17) is 9.84 Å². The number of aliphatic carboxylic acids is 1. The van der Waals surface area contributed by atoms with Crippen molar-refractivity contribution in [1.82, 2.24) is 0 Å². The molecule has 4 atom stereocenters. The molecule has 0 aromatic heterocycles. The smallest absolute Gasteiger partial charge is 0.306 e. The molecule has 4 heteroatoms. The molecular weight excluding hydrogens is 232 g/mol. The fourth-order valence-electron chi connectivity index (χ4n) is 3.85. The number of rotatable bonds is 4. The Morgan fingerprint density at radius 1 is 1.22 bits per heavy atom. The van der Waals surface area contributed by atoms with Gasteiger partial charge in [-0.25, -0.2) is 0 Å². The van der Waals surface area contributed by atoms with Crippen LogP contribution in [0.2, 0.25) is 0 Å². The van der Waals surface area contributed by atoms with E-state index in [0.29, 0.717) is 11.8 Å². The van der Waals surface area contributed by atoms with Gasteiger partial charge in [-0.2, -0.15) is 0 Å². The molecule has 3 aliphatic carbocycles. The first kappa shape index (κ1) is 13.4. The van der Waals surface area contributed by atoms with Crippen LogP contribution >= 0.6 is 0 Å². The van der Waals surface area contributed by atoms with E-state index in [0.717, 1.165) is 18.8 Å². The summed E-state index contributed by atoms with van der Waals surface area (Å²) < 4.78 is 5.50. The molecule has 3 rings (SSSR count). The van der Waals surface area contributed by atoms with Crippen molar-refractivity contribution in [2.45, 2.75) is 52.6 Å². The molecule has 0 aromatic carbocycles. The maximum atomic E-state index is 11.6. The van der Waals surface area contributed by atoms with Crippen LogP contribution in [0.3, 0.4) is 0 Å². The molecule has 0 heterocycles. The molecule has 0 radical (unpaired) electrons. The normalized spacial score (nSPS) is 36.6. The number of hydrogen-bond donors (Lipinski definition) is 1. The molecule has 3 fully saturated rings. The molecule has 2 bridgehead atoms. The number of carboxylic acid groups (broad SMARTS) is 1. The highest BCUT2D eigenvalue weighted by atomic mass is 16.5. The number of carbonyl (C=O) groups excluding carboxylic acids is 1. The van der Waals surface area contributed by atoms with Gasteiger partial charge in [0.2, 0.25) is 0 Å². The molecule has 0 amide bonds. The van der Waals surface area contributed by atoms with E-state index in [2.05, 4.69) is 20.8 Å². The summed E-state index contributed by atoms with van der Waals surface area (Å²) in [5.74, 6) is 0.468. The lowest BCUT2D eigenvalue weighted by atomic mass is 9.45. The zero-order valence-corrected chi connectivity index (χ0v) is 11.3. The lowest BCUT2D eigenvalue weighted by molar-refractivity contribution is -0.195. The number of hydrogen-bond acceptors (Lipinski definition) is 3. The summed E-state index contributed by atoms with van der Waals surface area (Å²) in [5.41, 5.74) is 0.259. The Balaban J connectivity index is 1.90. The van der Waals surface area contributed by atoms with Crippen LogP contribution in [0.25, 0.3) is 0 Å². The van der Waals surface area contributed by atoms with Gasteiger partial charge in [0.05, 0.1) is 12.8 Å². The van der Waals surface area contributed by atoms with Crippen molar-refractivity contribution < 1.29 is 19.4 Å². The van der Waals surface area contributed by atoms with Gasteiger partial charge in [0.25, 0.3) is 0 Å². The quantitative estimate of drug-likeness (QED) is 0.783. The standard InChI is InChI=1S/C14H22O4/c1-8-6-11(10-7-9(8)14(10,2)3)18-13(17)5-4-12(15)16/h8-11H,4-7H2,1-3H3,(H,15,16). The molecule has 1 N–H and O–H groups in total. The Morgan fingerprint density at radius 3 is 2.39 bits per heavy atom. The predicted octanol–water partition coefficient (Wildman–Crippen LogP) is 2.47. The molecule has 3 saturated carbocycles. The average molecular weight is 254 g/mol. The predicted molar refractivity (Wildman–Crippen MR) is 65.9 cm³/mol. The van der Waals surface area contributed by atoms with Crippen molar-refractivity contribution in [2.75, 3.05) is 0 Å². The van der Waals surface area contributed by atoms with Crippen molar-refractivity contribution in [3.8, 4) is 0 Å². The summed E-state index contributed by atoms with van der Waals surface area (Å²) in [7, 11) is 0. The third-order valence-electron chi connectivity index (χ3n) is 4.98. The molecule has 18 heavy (non-hydrogen) atoms. The van der Waals surface area contributed by atoms with Gasteiger partial charge in [-0.1, -0.05) is 20.8 Å². The first-order valence-electron chi connectivity index (χ1n) is 6.73. The maximum Gasteiger partial charge on any atom is 0.306 e. The highest BCUT2D eigenvalue weighted by molar-refractivity contribution is 5.76. The Labute approximate surface area is 108 Å². The minimum Gasteiger partial charge on any atom is -0.481 e. The van der Waals surface area contributed by atoms with Crippen molar-refractivity contribution in [1.29, 1.82) is 0 Å². The third-order valence-corrected chi connectivity index (χ3v) is 4.98. The summed E-state index contributed by atoms with van der Waals surface area (Å²) in [5, 5.41) is 8.55. The van der Waals surface area contributed by atoms with Crippen LogP contribution < -0.4 is 0 Å². The Bertz CT molecular complexity index is 361. The van der Waals surface area contributed by atoms with Crippen LogP contribution in [0.4, 0.5) is 0 Å². The van der Waals surface area contributed by atoms with E-state index in [1.165, 1.54) is 0 Å². The molecule has 0 aliphatic heterocycles. The number of esters is 1. The molecule has 3 aliphatic rings. The molecule has 102 valence electrons. The minimum atomic E-state index is -0.951. The largest absolute Gasteiger partial charge is 0.481 e. The third kappa shape index (κ3) is 2.25. The summed E-state index contributed by atoms with van der Waals surface area (Å²) in [6.45, 7) is 6.72. The van der Waals surface area contributed by atoms with Gasteiger partial charge in [-0.3, -0.25) is 9.59 Å². The summed E-state index contributed by atoms with van der Waals surface area (Å²) >= 11 is 0. The van der Waals surface area contributed by atoms with E-state index < -0.39 is 5.97 Å². The average Bonchev–Trinajstić information content (AvgIpc) is 2.24. The zero-order valence-electron chi connectivity index (χ0n) is 11.3. The fraction of sp³-hybridized carbons (Fsp3) is 0.857. The lowest BCUT2D eigenvalue weighted by Crippen LogP contribution is -2.59. The van der Waals surface area contributed by atoms with Crippen LogP contribution in [0.15, 0.2) is 0 Å². The van der Waals surface area contributed by atoms with Crippen molar-refractivity contribution in [3.05, 3.63) is 0 Å². The summed E-state index contributed by atoms with van der Waals surface area (Å²) in [6.07, 6.45) is 1.90. The monoisotopic (exact) mass is 254 g/mol. The molecule has 0 saturated heterocycles. The van der Waals surface area contributed by atoms with E-state index in [1.54, 1.807) is 0 Å². The second-order valence-corrected chi connectivity index (χ2v) is 6.41. The van der Waals surface area contributed by atoms with Crippen LogP contribution in [0, 0.1) is 23.2 Å². The summed E-state index contributed by atoms with van der Waals surface area (Å²) in [6, 6.07) is 0.